The fourth-order valence-corrected chi connectivity index (χ4v) is 4.31. The number of imidazole rings is 1. The number of hydrogen-bond donors (Lipinski definition) is 1. The monoisotopic (exact) mass is 451 g/mol. The van der Waals surface area contributed by atoms with Crippen LogP contribution in [-0.2, 0) is 15.4 Å². The zero-order valence-corrected chi connectivity index (χ0v) is 17.8. The molecule has 10 heteroatoms. The van der Waals surface area contributed by atoms with Gasteiger partial charge in [0.2, 0.25) is 0 Å². The van der Waals surface area contributed by atoms with Crippen molar-refractivity contribution in [2.45, 2.75) is 23.4 Å². The number of pyridine rings is 1. The van der Waals surface area contributed by atoms with E-state index in [0.29, 0.717) is 35.3 Å². The number of aromatic nitrogens is 4. The number of carbonyl (C=O) groups is 1. The van der Waals surface area contributed by atoms with Crippen molar-refractivity contribution in [1.82, 2.24) is 24.7 Å². The van der Waals surface area contributed by atoms with Crippen LogP contribution >= 0.6 is 0 Å². The van der Waals surface area contributed by atoms with Crippen molar-refractivity contribution in [3.8, 4) is 11.4 Å². The van der Waals surface area contributed by atoms with E-state index in [2.05, 4.69) is 20.3 Å². The van der Waals surface area contributed by atoms with E-state index in [1.54, 1.807) is 35.0 Å². The van der Waals surface area contributed by atoms with Crippen molar-refractivity contribution < 1.29 is 17.6 Å². The Morgan fingerprint density at radius 1 is 1.09 bits per heavy atom. The number of hydrogen-bond acceptors (Lipinski definition) is 6. The molecule has 1 N–H and O–H groups in total. The molecule has 8 nitrogen and oxygen atoms in total. The minimum absolute atomic E-state index is 0.0320. The summed E-state index contributed by atoms with van der Waals surface area (Å²) in [7, 11) is -3.46. The van der Waals surface area contributed by atoms with Crippen LogP contribution in [-0.4, -0.2) is 39.9 Å². The summed E-state index contributed by atoms with van der Waals surface area (Å²) in [4.78, 5) is 25.7. The number of nitrogens with one attached hydrogen (secondary N) is 1. The third kappa shape index (κ3) is 3.52. The maximum Gasteiger partial charge on any atom is 0.272 e. The van der Waals surface area contributed by atoms with E-state index in [-0.39, 0.29) is 16.5 Å². The molecule has 0 atom stereocenters. The molecule has 162 valence electrons. The lowest BCUT2D eigenvalue weighted by molar-refractivity contribution is 0.0927. The second-order valence-corrected chi connectivity index (χ2v) is 9.77. The first-order valence-electron chi connectivity index (χ1n) is 9.84. The lowest BCUT2D eigenvalue weighted by atomic mass is 10.1. The van der Waals surface area contributed by atoms with Gasteiger partial charge in [0, 0.05) is 30.4 Å². The van der Waals surface area contributed by atoms with Crippen LogP contribution < -0.4 is 5.32 Å². The number of rotatable bonds is 5. The Bertz CT molecular complexity index is 1460. The fourth-order valence-electron chi connectivity index (χ4n) is 3.71. The van der Waals surface area contributed by atoms with Gasteiger partial charge in [-0.3, -0.25) is 9.20 Å². The summed E-state index contributed by atoms with van der Waals surface area (Å²) >= 11 is 0. The average Bonchev–Trinajstić information content (AvgIpc) is 3.43. The standard InChI is InChI=1S/C22H18FN5O3S/c1-32(30,31)18-12-15(6-9-24-18)22(7-8-22)27-21(29)19-17-13-26-20(28(17)11-10-25-19)14-2-4-16(23)5-3-14/h2-6,9-13H,7-8H2,1H3,(H,27,29). The molecule has 1 aromatic carbocycles. The van der Waals surface area contributed by atoms with Gasteiger partial charge in [0.05, 0.1) is 17.3 Å². The quantitative estimate of drug-likeness (QED) is 0.500. The summed E-state index contributed by atoms with van der Waals surface area (Å²) < 4.78 is 38.7. The van der Waals surface area contributed by atoms with Crippen molar-refractivity contribution in [3.63, 3.8) is 0 Å². The van der Waals surface area contributed by atoms with Crippen LogP contribution in [0.15, 0.2) is 66.2 Å². The zero-order chi connectivity index (χ0) is 22.5. The first kappa shape index (κ1) is 20.3. The van der Waals surface area contributed by atoms with Crippen molar-refractivity contribution >= 4 is 21.3 Å². The Hall–Kier alpha value is -3.66. The van der Waals surface area contributed by atoms with Crippen LogP contribution in [0.5, 0.6) is 0 Å². The van der Waals surface area contributed by atoms with Gasteiger partial charge in [-0.15, -0.1) is 0 Å². The summed E-state index contributed by atoms with van der Waals surface area (Å²) in [5.41, 5.74) is 1.43. The van der Waals surface area contributed by atoms with E-state index in [1.807, 2.05) is 0 Å². The fraction of sp³-hybridized carbons (Fsp3) is 0.182. The Kier molecular flexibility index (Phi) is 4.55. The molecule has 32 heavy (non-hydrogen) atoms. The van der Waals surface area contributed by atoms with Crippen LogP contribution in [0.1, 0.15) is 28.9 Å². The number of nitrogens with zero attached hydrogens (tertiary/aromatic N) is 4. The molecule has 1 saturated carbocycles. The van der Waals surface area contributed by atoms with Crippen LogP contribution in [0.2, 0.25) is 0 Å². The van der Waals surface area contributed by atoms with Gasteiger partial charge >= 0.3 is 0 Å². The average molecular weight is 451 g/mol. The minimum atomic E-state index is -3.46. The van der Waals surface area contributed by atoms with Crippen LogP contribution in [0.25, 0.3) is 16.9 Å². The lowest BCUT2D eigenvalue weighted by Gasteiger charge is -2.18. The van der Waals surface area contributed by atoms with Gasteiger partial charge in [-0.05, 0) is 54.8 Å². The summed E-state index contributed by atoms with van der Waals surface area (Å²) in [6.07, 6.45) is 8.62. The Morgan fingerprint density at radius 2 is 1.84 bits per heavy atom. The molecule has 3 heterocycles. The molecule has 0 unspecified atom stereocenters. The molecule has 0 bridgehead atoms. The molecular formula is C22H18FN5O3S. The molecule has 1 aliphatic carbocycles. The Morgan fingerprint density at radius 3 is 2.53 bits per heavy atom. The van der Waals surface area contributed by atoms with E-state index in [0.717, 1.165) is 6.26 Å². The summed E-state index contributed by atoms with van der Waals surface area (Å²) in [5.74, 6) is -0.179. The molecule has 3 aromatic heterocycles. The maximum atomic E-state index is 13.3. The van der Waals surface area contributed by atoms with Gasteiger partial charge in [0.25, 0.3) is 5.91 Å². The van der Waals surface area contributed by atoms with Crippen molar-refractivity contribution in [1.29, 1.82) is 0 Å². The van der Waals surface area contributed by atoms with Gasteiger partial charge in [-0.2, -0.15) is 0 Å². The third-order valence-electron chi connectivity index (χ3n) is 5.55. The van der Waals surface area contributed by atoms with Crippen molar-refractivity contribution in [2.24, 2.45) is 0 Å². The second-order valence-electron chi connectivity index (χ2n) is 7.81. The molecule has 1 fully saturated rings. The van der Waals surface area contributed by atoms with E-state index < -0.39 is 21.3 Å². The zero-order valence-electron chi connectivity index (χ0n) is 17.0. The molecule has 0 aliphatic heterocycles. The molecule has 1 amide bonds. The number of benzene rings is 1. The molecule has 0 spiro atoms. The van der Waals surface area contributed by atoms with Crippen LogP contribution in [0, 0.1) is 5.82 Å². The number of carbonyl (C=O) groups excluding carboxylic acids is 1. The number of amides is 1. The normalized spacial score (nSPS) is 14.9. The van der Waals surface area contributed by atoms with E-state index in [1.165, 1.54) is 30.6 Å². The molecule has 0 saturated heterocycles. The predicted octanol–water partition coefficient (Wildman–Crippen LogP) is 2.75. The van der Waals surface area contributed by atoms with E-state index in [4.69, 9.17) is 0 Å². The topological polar surface area (TPSA) is 106 Å². The minimum Gasteiger partial charge on any atom is -0.341 e. The molecule has 5 rings (SSSR count). The smallest absolute Gasteiger partial charge is 0.272 e. The van der Waals surface area contributed by atoms with E-state index in [9.17, 15) is 17.6 Å². The van der Waals surface area contributed by atoms with Gasteiger partial charge in [0.1, 0.15) is 11.6 Å². The first-order valence-corrected chi connectivity index (χ1v) is 11.7. The highest BCUT2D eigenvalue weighted by Crippen LogP contribution is 2.46. The summed E-state index contributed by atoms with van der Waals surface area (Å²) in [6, 6.07) is 9.14. The third-order valence-corrected chi connectivity index (χ3v) is 6.53. The van der Waals surface area contributed by atoms with Crippen LogP contribution in [0.3, 0.4) is 0 Å². The molecular weight excluding hydrogens is 433 g/mol. The first-order chi connectivity index (χ1) is 15.3. The summed E-state index contributed by atoms with van der Waals surface area (Å²) in [5, 5.41) is 2.98. The van der Waals surface area contributed by atoms with Gasteiger partial charge in [-0.1, -0.05) is 0 Å². The van der Waals surface area contributed by atoms with Gasteiger partial charge in [0.15, 0.2) is 20.6 Å². The summed E-state index contributed by atoms with van der Waals surface area (Å²) in [6.45, 7) is 0. The highest BCUT2D eigenvalue weighted by molar-refractivity contribution is 7.90. The Labute approximate surface area is 183 Å². The Balaban J connectivity index is 1.48. The van der Waals surface area contributed by atoms with E-state index >= 15 is 0 Å². The number of halogens is 1. The lowest BCUT2D eigenvalue weighted by Crippen LogP contribution is -2.35. The van der Waals surface area contributed by atoms with Crippen molar-refractivity contribution in [2.75, 3.05) is 6.26 Å². The largest absolute Gasteiger partial charge is 0.341 e. The SMILES string of the molecule is CS(=O)(=O)c1cc(C2(NC(=O)c3nccn4c(-c5ccc(F)cc5)ncc34)CC2)ccn1. The number of fused-ring (bicyclic) bond motifs is 1. The van der Waals surface area contributed by atoms with Crippen LogP contribution in [0.4, 0.5) is 4.39 Å². The molecule has 1 aliphatic rings. The molecule has 4 aromatic rings. The van der Waals surface area contributed by atoms with Gasteiger partial charge < -0.3 is 5.32 Å². The van der Waals surface area contributed by atoms with Gasteiger partial charge in [-0.25, -0.2) is 27.8 Å². The molecule has 0 radical (unpaired) electrons. The predicted molar refractivity (Wildman–Crippen MR) is 114 cm³/mol. The van der Waals surface area contributed by atoms with Crippen molar-refractivity contribution in [3.05, 3.63) is 78.3 Å². The second kappa shape index (κ2) is 7.20. The highest BCUT2D eigenvalue weighted by Gasteiger charge is 2.46. The maximum absolute atomic E-state index is 13.3. The highest BCUT2D eigenvalue weighted by atomic mass is 32.2. The number of sulfone groups is 1.